The van der Waals surface area contributed by atoms with Gasteiger partial charge in [-0.3, -0.25) is 0 Å². The van der Waals surface area contributed by atoms with E-state index in [0.717, 1.165) is 3.57 Å². The van der Waals surface area contributed by atoms with Gasteiger partial charge in [0.1, 0.15) is 17.3 Å². The number of benzene rings is 1. The van der Waals surface area contributed by atoms with Gasteiger partial charge in [-0.15, -0.1) is 0 Å². The Morgan fingerprint density at radius 1 is 1.47 bits per heavy atom. The van der Waals surface area contributed by atoms with Gasteiger partial charge in [-0.1, -0.05) is 17.7 Å². The number of nitrogen functional groups attached to an aromatic ring is 1. The molecule has 1 heterocycles. The minimum Gasteiger partial charge on any atom is -0.383 e. The van der Waals surface area contributed by atoms with E-state index in [1.807, 2.05) is 22.6 Å². The van der Waals surface area contributed by atoms with Gasteiger partial charge in [-0.25, -0.2) is 9.07 Å². The van der Waals surface area contributed by atoms with Crippen molar-refractivity contribution in [2.24, 2.45) is 0 Å². The summed E-state index contributed by atoms with van der Waals surface area (Å²) < 4.78 is 15.6. The summed E-state index contributed by atoms with van der Waals surface area (Å²) in [6.45, 7) is 0. The average Bonchev–Trinajstić information content (AvgIpc) is 2.49. The standard InChI is InChI=1S/C9H6ClFIN3/c10-5-2-1-3-6(11)8(5)15-9(13)7(12)4-14-15/h1-4H,13H2. The van der Waals surface area contributed by atoms with Gasteiger partial charge in [0, 0.05) is 0 Å². The van der Waals surface area contributed by atoms with Crippen molar-refractivity contribution in [1.29, 1.82) is 0 Å². The van der Waals surface area contributed by atoms with Crippen LogP contribution in [0.2, 0.25) is 5.02 Å². The number of nitrogens with two attached hydrogens (primary N) is 1. The third kappa shape index (κ3) is 1.81. The molecule has 0 aliphatic heterocycles. The highest BCUT2D eigenvalue weighted by Crippen LogP contribution is 2.26. The van der Waals surface area contributed by atoms with E-state index in [4.69, 9.17) is 17.3 Å². The molecule has 0 aliphatic rings. The number of halogens is 3. The van der Waals surface area contributed by atoms with Crippen LogP contribution >= 0.6 is 34.2 Å². The molecule has 0 spiro atoms. The number of aromatic nitrogens is 2. The van der Waals surface area contributed by atoms with Crippen LogP contribution in [0, 0.1) is 9.39 Å². The number of hydrogen-bond acceptors (Lipinski definition) is 2. The maximum absolute atomic E-state index is 13.5. The van der Waals surface area contributed by atoms with Crippen molar-refractivity contribution >= 4 is 40.0 Å². The van der Waals surface area contributed by atoms with Crippen molar-refractivity contribution < 1.29 is 4.39 Å². The zero-order chi connectivity index (χ0) is 11.0. The molecule has 0 radical (unpaired) electrons. The molecule has 0 unspecified atom stereocenters. The van der Waals surface area contributed by atoms with Crippen LogP contribution in [0.4, 0.5) is 10.2 Å². The third-order valence-corrected chi connectivity index (χ3v) is 3.04. The Hall–Kier alpha value is -0.820. The Balaban J connectivity index is 2.69. The smallest absolute Gasteiger partial charge is 0.150 e. The lowest BCUT2D eigenvalue weighted by molar-refractivity contribution is 0.612. The molecule has 2 rings (SSSR count). The molecule has 15 heavy (non-hydrogen) atoms. The van der Waals surface area contributed by atoms with Crippen LogP contribution in [0.1, 0.15) is 0 Å². The molecule has 0 aliphatic carbocycles. The average molecular weight is 338 g/mol. The second-order valence-electron chi connectivity index (χ2n) is 2.86. The maximum Gasteiger partial charge on any atom is 0.150 e. The first-order chi connectivity index (χ1) is 7.11. The van der Waals surface area contributed by atoms with Gasteiger partial charge in [0.15, 0.2) is 0 Å². The molecule has 0 amide bonds. The van der Waals surface area contributed by atoms with Gasteiger partial charge in [-0.05, 0) is 34.7 Å². The van der Waals surface area contributed by atoms with E-state index in [9.17, 15) is 4.39 Å². The monoisotopic (exact) mass is 337 g/mol. The maximum atomic E-state index is 13.5. The van der Waals surface area contributed by atoms with Gasteiger partial charge in [-0.2, -0.15) is 5.10 Å². The summed E-state index contributed by atoms with van der Waals surface area (Å²) in [5.41, 5.74) is 5.92. The van der Waals surface area contributed by atoms with E-state index >= 15 is 0 Å². The topological polar surface area (TPSA) is 43.8 Å². The van der Waals surface area contributed by atoms with E-state index in [-0.39, 0.29) is 10.7 Å². The van der Waals surface area contributed by atoms with Crippen molar-refractivity contribution in [3.05, 3.63) is 38.8 Å². The zero-order valence-electron chi connectivity index (χ0n) is 7.42. The molecule has 1 aromatic carbocycles. The molecule has 1 aromatic heterocycles. The van der Waals surface area contributed by atoms with E-state index in [2.05, 4.69) is 5.10 Å². The minimum absolute atomic E-state index is 0.180. The lowest BCUT2D eigenvalue weighted by atomic mass is 10.3. The van der Waals surface area contributed by atoms with Crippen LogP contribution in [0.3, 0.4) is 0 Å². The first kappa shape index (κ1) is 10.7. The Bertz CT molecular complexity index is 492. The second kappa shape index (κ2) is 3.97. The lowest BCUT2D eigenvalue weighted by Crippen LogP contribution is -2.05. The number of hydrogen-bond donors (Lipinski definition) is 1. The van der Waals surface area contributed by atoms with E-state index in [0.29, 0.717) is 5.82 Å². The van der Waals surface area contributed by atoms with E-state index < -0.39 is 5.82 Å². The van der Waals surface area contributed by atoms with Crippen LogP contribution in [0.15, 0.2) is 24.4 Å². The molecule has 78 valence electrons. The van der Waals surface area contributed by atoms with Crippen molar-refractivity contribution in [3.8, 4) is 5.69 Å². The number of anilines is 1. The summed E-state index contributed by atoms with van der Waals surface area (Å²) in [5.74, 6) is -0.0729. The van der Waals surface area contributed by atoms with Crippen molar-refractivity contribution in [2.75, 3.05) is 5.73 Å². The fraction of sp³-hybridized carbons (Fsp3) is 0. The Morgan fingerprint density at radius 3 is 2.73 bits per heavy atom. The SMILES string of the molecule is Nc1c(I)cnn1-c1c(F)cccc1Cl. The molecule has 0 atom stereocenters. The molecule has 0 saturated heterocycles. The molecule has 6 heteroatoms. The Kier molecular flexibility index (Phi) is 2.83. The van der Waals surface area contributed by atoms with Crippen molar-refractivity contribution in [2.45, 2.75) is 0 Å². The minimum atomic E-state index is -0.450. The highest BCUT2D eigenvalue weighted by molar-refractivity contribution is 14.1. The largest absolute Gasteiger partial charge is 0.383 e. The second-order valence-corrected chi connectivity index (χ2v) is 4.43. The highest BCUT2D eigenvalue weighted by Gasteiger charge is 2.13. The summed E-state index contributed by atoms with van der Waals surface area (Å²) in [4.78, 5) is 0. The van der Waals surface area contributed by atoms with Crippen LogP contribution in [-0.2, 0) is 0 Å². The highest BCUT2D eigenvalue weighted by atomic mass is 127. The quantitative estimate of drug-likeness (QED) is 0.813. The van der Waals surface area contributed by atoms with Crippen molar-refractivity contribution in [1.82, 2.24) is 9.78 Å². The van der Waals surface area contributed by atoms with Gasteiger partial charge in [0.25, 0.3) is 0 Å². The first-order valence-corrected chi connectivity index (χ1v) is 5.50. The molecule has 0 fully saturated rings. The van der Waals surface area contributed by atoms with E-state index in [1.54, 1.807) is 12.3 Å². The van der Waals surface area contributed by atoms with Crippen LogP contribution in [-0.4, -0.2) is 9.78 Å². The number of nitrogens with zero attached hydrogens (tertiary/aromatic N) is 2. The Morgan fingerprint density at radius 2 is 2.20 bits per heavy atom. The molecular formula is C9H6ClFIN3. The lowest BCUT2D eigenvalue weighted by Gasteiger charge is -2.07. The van der Waals surface area contributed by atoms with Gasteiger partial charge in [0.05, 0.1) is 14.8 Å². The van der Waals surface area contributed by atoms with Crippen LogP contribution in [0.5, 0.6) is 0 Å². The fourth-order valence-electron chi connectivity index (χ4n) is 1.21. The molecule has 2 N–H and O–H groups in total. The zero-order valence-corrected chi connectivity index (χ0v) is 10.3. The van der Waals surface area contributed by atoms with Gasteiger partial charge >= 0.3 is 0 Å². The summed E-state index contributed by atoms with van der Waals surface area (Å²) in [6, 6.07) is 4.44. The summed E-state index contributed by atoms with van der Waals surface area (Å²) in [7, 11) is 0. The summed E-state index contributed by atoms with van der Waals surface area (Å²) >= 11 is 7.91. The van der Waals surface area contributed by atoms with Crippen LogP contribution in [0.25, 0.3) is 5.69 Å². The van der Waals surface area contributed by atoms with E-state index in [1.165, 1.54) is 16.8 Å². The van der Waals surface area contributed by atoms with Crippen LogP contribution < -0.4 is 5.73 Å². The summed E-state index contributed by atoms with van der Waals surface area (Å²) in [5, 5.41) is 4.25. The predicted octanol–water partition coefficient (Wildman–Crippen LogP) is 2.85. The first-order valence-electron chi connectivity index (χ1n) is 4.04. The molecule has 0 bridgehead atoms. The van der Waals surface area contributed by atoms with Gasteiger partial charge < -0.3 is 5.73 Å². The summed E-state index contributed by atoms with van der Waals surface area (Å²) in [6.07, 6.45) is 1.55. The molecular weight excluding hydrogens is 331 g/mol. The predicted molar refractivity (Wildman–Crippen MR) is 65.7 cm³/mol. The number of rotatable bonds is 1. The third-order valence-electron chi connectivity index (χ3n) is 1.91. The van der Waals surface area contributed by atoms with Crippen molar-refractivity contribution in [3.63, 3.8) is 0 Å². The normalized spacial score (nSPS) is 10.6. The number of para-hydroxylation sites is 1. The molecule has 2 aromatic rings. The molecule has 3 nitrogen and oxygen atoms in total. The Labute approximate surface area is 104 Å². The van der Waals surface area contributed by atoms with Gasteiger partial charge in [0.2, 0.25) is 0 Å². The molecule has 0 saturated carbocycles. The fourth-order valence-corrected chi connectivity index (χ4v) is 1.80.